The van der Waals surface area contributed by atoms with E-state index in [-0.39, 0.29) is 23.3 Å². The van der Waals surface area contributed by atoms with Crippen LogP contribution in [-0.2, 0) is 9.16 Å². The van der Waals surface area contributed by atoms with E-state index < -0.39 is 8.32 Å². The monoisotopic (exact) mass is 307 g/mol. The second-order valence-electron chi connectivity index (χ2n) is 7.06. The lowest BCUT2D eigenvalue weighted by atomic mass is 10.0. The standard InChI is InChI=1S/C16H25NO3Si/c1-16(2,3)21(4,5)19-11-13-14(20-15(18)17-13)12-9-7-6-8-10-12/h6-10,13-14H,11H2,1-5H3,(H,17,18)/t13-,14-/m0/s1. The first-order chi connectivity index (χ1) is 9.71. The molecule has 1 saturated heterocycles. The zero-order valence-corrected chi connectivity index (χ0v) is 14.5. The van der Waals surface area contributed by atoms with Crippen molar-refractivity contribution in [2.75, 3.05) is 6.61 Å². The van der Waals surface area contributed by atoms with Crippen molar-refractivity contribution in [2.45, 2.75) is 51.0 Å². The van der Waals surface area contributed by atoms with E-state index in [0.717, 1.165) is 5.56 Å². The minimum Gasteiger partial charge on any atom is -0.439 e. The summed E-state index contributed by atoms with van der Waals surface area (Å²) in [7, 11) is -1.83. The molecule has 4 nitrogen and oxygen atoms in total. The highest BCUT2D eigenvalue weighted by atomic mass is 28.4. The van der Waals surface area contributed by atoms with Crippen molar-refractivity contribution < 1.29 is 14.0 Å². The molecule has 1 amide bonds. The van der Waals surface area contributed by atoms with Crippen molar-refractivity contribution in [1.29, 1.82) is 0 Å². The predicted molar refractivity (Wildman–Crippen MR) is 85.7 cm³/mol. The molecule has 1 fully saturated rings. The topological polar surface area (TPSA) is 47.6 Å². The Morgan fingerprint density at radius 1 is 1.24 bits per heavy atom. The van der Waals surface area contributed by atoms with E-state index in [9.17, 15) is 4.79 Å². The molecule has 21 heavy (non-hydrogen) atoms. The van der Waals surface area contributed by atoms with Crippen molar-refractivity contribution in [1.82, 2.24) is 5.32 Å². The van der Waals surface area contributed by atoms with E-state index in [1.807, 2.05) is 30.3 Å². The maximum Gasteiger partial charge on any atom is 0.408 e. The van der Waals surface area contributed by atoms with Crippen LogP contribution >= 0.6 is 0 Å². The highest BCUT2D eigenvalue weighted by Gasteiger charge is 2.41. The zero-order valence-electron chi connectivity index (χ0n) is 13.5. The number of hydrogen-bond acceptors (Lipinski definition) is 3. The third kappa shape index (κ3) is 3.65. The van der Waals surface area contributed by atoms with E-state index in [4.69, 9.17) is 9.16 Å². The molecule has 0 spiro atoms. The first-order valence-corrected chi connectivity index (χ1v) is 10.3. The zero-order chi connectivity index (χ0) is 15.7. The summed E-state index contributed by atoms with van der Waals surface area (Å²) in [5, 5.41) is 3.01. The van der Waals surface area contributed by atoms with Crippen LogP contribution in [0.4, 0.5) is 4.79 Å². The number of alkyl carbamates (subject to hydrolysis) is 1. The number of carbonyl (C=O) groups excluding carboxylic acids is 1. The number of carbonyl (C=O) groups is 1. The van der Waals surface area contributed by atoms with Crippen molar-refractivity contribution >= 4 is 14.4 Å². The summed E-state index contributed by atoms with van der Waals surface area (Å²) in [6, 6.07) is 9.68. The van der Waals surface area contributed by atoms with Crippen molar-refractivity contribution in [3.05, 3.63) is 35.9 Å². The Kier molecular flexibility index (Phi) is 4.44. The summed E-state index contributed by atoms with van der Waals surface area (Å²) in [5.41, 5.74) is 1.000. The number of ether oxygens (including phenoxy) is 1. The number of nitrogens with one attached hydrogen (secondary N) is 1. The molecule has 1 aromatic carbocycles. The number of hydrogen-bond donors (Lipinski definition) is 1. The number of rotatable bonds is 4. The molecule has 0 aromatic heterocycles. The van der Waals surface area contributed by atoms with Crippen LogP contribution in [0.25, 0.3) is 0 Å². The normalized spacial score (nSPS) is 22.8. The summed E-state index contributed by atoms with van der Waals surface area (Å²) >= 11 is 0. The molecule has 116 valence electrons. The second kappa shape index (κ2) is 5.81. The van der Waals surface area contributed by atoms with Crippen molar-refractivity contribution in [3.8, 4) is 0 Å². The molecule has 1 N–H and O–H groups in total. The molecule has 2 atom stereocenters. The lowest BCUT2D eigenvalue weighted by Crippen LogP contribution is -2.45. The van der Waals surface area contributed by atoms with Crippen LogP contribution in [0.15, 0.2) is 30.3 Å². The molecule has 1 aliphatic rings. The SMILES string of the molecule is CC(C)(C)[Si](C)(C)OC[C@@H]1NC(=O)O[C@H]1c1ccccc1. The lowest BCUT2D eigenvalue weighted by Gasteiger charge is -2.37. The summed E-state index contributed by atoms with van der Waals surface area (Å²) < 4.78 is 11.6. The van der Waals surface area contributed by atoms with E-state index in [0.29, 0.717) is 6.61 Å². The van der Waals surface area contributed by atoms with Crippen LogP contribution in [0.3, 0.4) is 0 Å². The first-order valence-electron chi connectivity index (χ1n) is 7.37. The molecule has 1 aliphatic heterocycles. The van der Waals surface area contributed by atoms with Gasteiger partial charge in [0.15, 0.2) is 14.4 Å². The Bertz CT molecular complexity index is 496. The Hall–Kier alpha value is -1.33. The molecule has 0 saturated carbocycles. The van der Waals surface area contributed by atoms with E-state index in [2.05, 4.69) is 39.2 Å². The minimum atomic E-state index is -1.83. The molecular formula is C16H25NO3Si. The third-order valence-corrected chi connectivity index (χ3v) is 8.96. The first kappa shape index (κ1) is 16.0. The van der Waals surface area contributed by atoms with Gasteiger partial charge in [0, 0.05) is 0 Å². The van der Waals surface area contributed by atoms with Crippen LogP contribution in [-0.4, -0.2) is 27.1 Å². The van der Waals surface area contributed by atoms with Gasteiger partial charge in [0.1, 0.15) is 0 Å². The van der Waals surface area contributed by atoms with Crippen LogP contribution in [0.5, 0.6) is 0 Å². The molecule has 1 heterocycles. The van der Waals surface area contributed by atoms with Gasteiger partial charge in [-0.25, -0.2) is 4.79 Å². The number of cyclic esters (lactones) is 1. The van der Waals surface area contributed by atoms with E-state index >= 15 is 0 Å². The van der Waals surface area contributed by atoms with Gasteiger partial charge in [-0.15, -0.1) is 0 Å². The molecular weight excluding hydrogens is 282 g/mol. The largest absolute Gasteiger partial charge is 0.439 e. The molecule has 0 unspecified atom stereocenters. The van der Waals surface area contributed by atoms with Crippen molar-refractivity contribution in [2.24, 2.45) is 0 Å². The fraction of sp³-hybridized carbons (Fsp3) is 0.562. The van der Waals surface area contributed by atoms with Gasteiger partial charge in [0.05, 0.1) is 12.6 Å². The Morgan fingerprint density at radius 3 is 2.43 bits per heavy atom. The Balaban J connectivity index is 2.06. The molecule has 2 rings (SSSR count). The summed E-state index contributed by atoms with van der Waals surface area (Å²) in [6.45, 7) is 11.5. The van der Waals surface area contributed by atoms with Crippen LogP contribution in [0, 0.1) is 0 Å². The third-order valence-electron chi connectivity index (χ3n) is 4.46. The average molecular weight is 307 g/mol. The molecule has 0 radical (unpaired) electrons. The van der Waals surface area contributed by atoms with Crippen LogP contribution < -0.4 is 5.32 Å². The fourth-order valence-electron chi connectivity index (χ4n) is 2.05. The van der Waals surface area contributed by atoms with Crippen LogP contribution in [0.1, 0.15) is 32.4 Å². The van der Waals surface area contributed by atoms with Gasteiger partial charge in [0.2, 0.25) is 0 Å². The van der Waals surface area contributed by atoms with Gasteiger partial charge >= 0.3 is 6.09 Å². The van der Waals surface area contributed by atoms with Gasteiger partial charge < -0.3 is 14.5 Å². The number of amides is 1. The molecule has 5 heteroatoms. The van der Waals surface area contributed by atoms with Crippen LogP contribution in [0.2, 0.25) is 18.1 Å². The highest BCUT2D eigenvalue weighted by molar-refractivity contribution is 6.74. The smallest absolute Gasteiger partial charge is 0.408 e. The van der Waals surface area contributed by atoms with Crippen molar-refractivity contribution in [3.63, 3.8) is 0 Å². The van der Waals surface area contributed by atoms with Gasteiger partial charge in [-0.05, 0) is 23.7 Å². The fourth-order valence-corrected chi connectivity index (χ4v) is 3.07. The van der Waals surface area contributed by atoms with E-state index in [1.165, 1.54) is 0 Å². The van der Waals surface area contributed by atoms with Gasteiger partial charge in [-0.1, -0.05) is 51.1 Å². The van der Waals surface area contributed by atoms with Gasteiger partial charge in [0.25, 0.3) is 0 Å². The van der Waals surface area contributed by atoms with E-state index in [1.54, 1.807) is 0 Å². The van der Waals surface area contributed by atoms with Gasteiger partial charge in [-0.2, -0.15) is 0 Å². The average Bonchev–Trinajstić information content (AvgIpc) is 2.77. The maximum atomic E-state index is 11.6. The molecule has 1 aromatic rings. The Morgan fingerprint density at radius 2 is 1.86 bits per heavy atom. The summed E-state index contributed by atoms with van der Waals surface area (Å²) in [4.78, 5) is 11.6. The van der Waals surface area contributed by atoms with Gasteiger partial charge in [-0.3, -0.25) is 0 Å². The summed E-state index contributed by atoms with van der Waals surface area (Å²) in [6.07, 6.45) is -0.642. The maximum absolute atomic E-state index is 11.6. The lowest BCUT2D eigenvalue weighted by molar-refractivity contribution is 0.120. The quantitative estimate of drug-likeness (QED) is 0.859. The Labute approximate surface area is 128 Å². The molecule has 0 aliphatic carbocycles. The number of benzene rings is 1. The molecule has 0 bridgehead atoms. The minimum absolute atomic E-state index is 0.131. The second-order valence-corrected chi connectivity index (χ2v) is 11.9. The predicted octanol–water partition coefficient (Wildman–Crippen LogP) is 3.86. The highest BCUT2D eigenvalue weighted by Crippen LogP contribution is 2.37. The summed E-state index contributed by atoms with van der Waals surface area (Å²) in [5.74, 6) is 0.